The summed E-state index contributed by atoms with van der Waals surface area (Å²) in [4.78, 5) is 22.2. The molecule has 1 fully saturated rings. The van der Waals surface area contributed by atoms with Crippen molar-refractivity contribution in [2.75, 3.05) is 23.3 Å². The van der Waals surface area contributed by atoms with Gasteiger partial charge in [-0.25, -0.2) is 4.99 Å². The number of carbonyl (C=O) groups excluding carboxylic acids is 1. The molecule has 2 aromatic carbocycles. The molecule has 1 atom stereocenters. The molecule has 1 aromatic heterocycles. The van der Waals surface area contributed by atoms with Crippen LogP contribution in [0.15, 0.2) is 59.6 Å². The second kappa shape index (κ2) is 10.6. The molecule has 0 spiro atoms. The molecule has 0 unspecified atom stereocenters. The maximum Gasteiger partial charge on any atom is 0.259 e. The van der Waals surface area contributed by atoms with Gasteiger partial charge in [0.05, 0.1) is 5.56 Å². The highest BCUT2D eigenvalue weighted by atomic mass is 32.1. The van der Waals surface area contributed by atoms with Gasteiger partial charge in [0.1, 0.15) is 5.00 Å². The molecule has 1 saturated heterocycles. The van der Waals surface area contributed by atoms with E-state index in [4.69, 9.17) is 4.99 Å². The van der Waals surface area contributed by atoms with Crippen LogP contribution in [0.4, 0.5) is 16.4 Å². The first-order chi connectivity index (χ1) is 17.4. The van der Waals surface area contributed by atoms with Crippen LogP contribution in [0.2, 0.25) is 0 Å². The lowest BCUT2D eigenvalue weighted by Crippen LogP contribution is -2.29. The van der Waals surface area contributed by atoms with Gasteiger partial charge < -0.3 is 10.2 Å². The molecule has 1 N–H and O–H groups in total. The summed E-state index contributed by atoms with van der Waals surface area (Å²) in [5.74, 6) is 0.563. The van der Waals surface area contributed by atoms with Crippen LogP contribution in [-0.2, 0) is 12.8 Å². The summed E-state index contributed by atoms with van der Waals surface area (Å²) in [5.41, 5.74) is 5.37. The van der Waals surface area contributed by atoms with Crippen molar-refractivity contribution in [2.24, 2.45) is 16.3 Å². The van der Waals surface area contributed by atoms with Crippen molar-refractivity contribution in [1.82, 2.24) is 0 Å². The normalized spacial score (nSPS) is 18.3. The second-order valence-corrected chi connectivity index (χ2v) is 12.3. The average Bonchev–Trinajstić information content (AvgIpc) is 3.26. The molecule has 188 valence electrons. The zero-order valence-corrected chi connectivity index (χ0v) is 22.5. The number of aliphatic imine (C=N–C) groups is 1. The summed E-state index contributed by atoms with van der Waals surface area (Å²) in [7, 11) is 0. The number of carbonyl (C=O) groups is 1. The van der Waals surface area contributed by atoms with Crippen LogP contribution in [0, 0.1) is 11.3 Å². The molecule has 4 nitrogen and oxygen atoms in total. The fourth-order valence-corrected chi connectivity index (χ4v) is 6.68. The number of hydrogen-bond acceptors (Lipinski definition) is 4. The number of nitrogens with one attached hydrogen (secondary N) is 1. The van der Waals surface area contributed by atoms with E-state index in [2.05, 4.69) is 55.3 Å². The Bertz CT molecular complexity index is 1220. The van der Waals surface area contributed by atoms with E-state index in [0.29, 0.717) is 5.92 Å². The van der Waals surface area contributed by atoms with Gasteiger partial charge in [-0.2, -0.15) is 0 Å². The first kappa shape index (κ1) is 24.8. The number of anilines is 2. The zero-order valence-electron chi connectivity index (χ0n) is 21.7. The third-order valence-electron chi connectivity index (χ3n) is 7.68. The summed E-state index contributed by atoms with van der Waals surface area (Å²) in [6, 6.07) is 18.4. The maximum atomic E-state index is 13.5. The van der Waals surface area contributed by atoms with E-state index < -0.39 is 0 Å². The molecule has 1 aliphatic carbocycles. The summed E-state index contributed by atoms with van der Waals surface area (Å²) >= 11 is 1.70. The maximum absolute atomic E-state index is 13.5. The van der Waals surface area contributed by atoms with E-state index in [9.17, 15) is 4.79 Å². The van der Waals surface area contributed by atoms with Crippen LogP contribution in [0.5, 0.6) is 0 Å². The number of rotatable bonds is 5. The molecule has 0 saturated carbocycles. The Balaban J connectivity index is 1.42. The van der Waals surface area contributed by atoms with Crippen LogP contribution in [0.25, 0.3) is 0 Å². The van der Waals surface area contributed by atoms with E-state index in [0.717, 1.165) is 54.2 Å². The van der Waals surface area contributed by atoms with Crippen LogP contribution >= 0.6 is 11.3 Å². The van der Waals surface area contributed by atoms with Crippen molar-refractivity contribution in [3.63, 3.8) is 0 Å². The van der Waals surface area contributed by atoms with Crippen LogP contribution < -0.4 is 10.2 Å². The molecule has 36 heavy (non-hydrogen) atoms. The van der Waals surface area contributed by atoms with Crippen LogP contribution in [-0.4, -0.2) is 25.2 Å². The molecular formula is C31H37N3OS. The lowest BCUT2D eigenvalue weighted by molar-refractivity contribution is 0.102. The van der Waals surface area contributed by atoms with Gasteiger partial charge in [0.2, 0.25) is 0 Å². The topological polar surface area (TPSA) is 44.7 Å². The molecule has 2 aliphatic rings. The minimum absolute atomic E-state index is 0.0551. The quantitative estimate of drug-likeness (QED) is 0.363. The zero-order chi connectivity index (χ0) is 25.1. The van der Waals surface area contributed by atoms with Crippen molar-refractivity contribution in [2.45, 2.75) is 59.3 Å². The van der Waals surface area contributed by atoms with Gasteiger partial charge in [-0.1, -0.05) is 51.1 Å². The second-order valence-electron chi connectivity index (χ2n) is 11.2. The van der Waals surface area contributed by atoms with E-state index in [1.165, 1.54) is 35.4 Å². The standard InChI is InChI=1S/C31H37N3OS/c1-31(2,3)23-14-17-26-27(20-23)36-30(28(26)29(35)33-24-10-6-4-7-11-24)32-21-22-12-15-25(16-13-22)34-18-8-5-9-19-34/h4,6-7,10-13,15-16,21,23H,5,8-9,14,17-20H2,1-3H3,(H,33,35)/t23-/m0/s1. The molecule has 2 heterocycles. The van der Waals surface area contributed by atoms with Crippen LogP contribution in [0.1, 0.15) is 72.8 Å². The smallest absolute Gasteiger partial charge is 0.259 e. The number of nitrogens with zero attached hydrogens (tertiary/aromatic N) is 2. The number of piperidine rings is 1. The molecular weight excluding hydrogens is 462 g/mol. The number of benzene rings is 2. The Morgan fingerprint density at radius 3 is 2.44 bits per heavy atom. The molecule has 1 aliphatic heterocycles. The first-order valence-corrected chi connectivity index (χ1v) is 14.1. The largest absolute Gasteiger partial charge is 0.372 e. The third-order valence-corrected chi connectivity index (χ3v) is 8.84. The van der Waals surface area contributed by atoms with Crippen molar-refractivity contribution >= 4 is 39.8 Å². The predicted octanol–water partition coefficient (Wildman–Crippen LogP) is 7.89. The minimum atomic E-state index is -0.0551. The first-order valence-electron chi connectivity index (χ1n) is 13.3. The van der Waals surface area contributed by atoms with Gasteiger partial charge in [-0.15, -0.1) is 11.3 Å². The van der Waals surface area contributed by atoms with Gasteiger partial charge in [0.25, 0.3) is 5.91 Å². The minimum Gasteiger partial charge on any atom is -0.372 e. The van der Waals surface area contributed by atoms with Crippen molar-refractivity contribution in [3.8, 4) is 0 Å². The lowest BCUT2D eigenvalue weighted by Gasteiger charge is -2.33. The summed E-state index contributed by atoms with van der Waals surface area (Å²) in [5, 5.41) is 3.93. The molecule has 3 aromatic rings. The molecule has 5 heteroatoms. The highest BCUT2D eigenvalue weighted by Crippen LogP contribution is 2.45. The Kier molecular flexibility index (Phi) is 7.29. The molecule has 5 rings (SSSR count). The Morgan fingerprint density at radius 2 is 1.75 bits per heavy atom. The Hall–Kier alpha value is -2.92. The third kappa shape index (κ3) is 5.57. The van der Waals surface area contributed by atoms with Gasteiger partial charge in [-0.05, 0) is 85.3 Å². The average molecular weight is 500 g/mol. The van der Waals surface area contributed by atoms with Crippen LogP contribution in [0.3, 0.4) is 0 Å². The van der Waals surface area contributed by atoms with E-state index in [-0.39, 0.29) is 11.3 Å². The number of para-hydroxylation sites is 1. The van der Waals surface area contributed by atoms with E-state index in [1.807, 2.05) is 36.5 Å². The number of hydrogen-bond donors (Lipinski definition) is 1. The molecule has 0 radical (unpaired) electrons. The Morgan fingerprint density at radius 1 is 1.03 bits per heavy atom. The highest BCUT2D eigenvalue weighted by Gasteiger charge is 2.33. The van der Waals surface area contributed by atoms with Gasteiger partial charge >= 0.3 is 0 Å². The predicted molar refractivity (Wildman–Crippen MR) is 153 cm³/mol. The number of thiophene rings is 1. The van der Waals surface area contributed by atoms with Gasteiger partial charge in [-0.3, -0.25) is 4.79 Å². The van der Waals surface area contributed by atoms with Crippen molar-refractivity contribution in [1.29, 1.82) is 0 Å². The van der Waals surface area contributed by atoms with E-state index in [1.54, 1.807) is 11.3 Å². The number of amides is 1. The Labute approximate surface area is 219 Å². The van der Waals surface area contributed by atoms with Gasteiger partial charge in [0, 0.05) is 35.6 Å². The lowest BCUT2D eigenvalue weighted by atomic mass is 9.72. The summed E-state index contributed by atoms with van der Waals surface area (Å²) in [6.45, 7) is 9.26. The number of fused-ring (bicyclic) bond motifs is 1. The van der Waals surface area contributed by atoms with Crippen molar-refractivity contribution < 1.29 is 4.79 Å². The van der Waals surface area contributed by atoms with E-state index >= 15 is 0 Å². The van der Waals surface area contributed by atoms with Gasteiger partial charge in [0.15, 0.2) is 0 Å². The summed E-state index contributed by atoms with van der Waals surface area (Å²) < 4.78 is 0. The molecule has 0 bridgehead atoms. The SMILES string of the molecule is CC(C)(C)[C@H]1CCc2c(sc(N=Cc3ccc(N4CCCCC4)cc3)c2C(=O)Nc2ccccc2)C1. The highest BCUT2D eigenvalue weighted by molar-refractivity contribution is 7.16. The fourth-order valence-electron chi connectivity index (χ4n) is 5.41. The molecule has 1 amide bonds. The monoisotopic (exact) mass is 499 g/mol. The fraction of sp³-hybridized carbons (Fsp3) is 0.419. The summed E-state index contributed by atoms with van der Waals surface area (Å²) in [6.07, 6.45) is 8.87. The van der Waals surface area contributed by atoms with Crippen molar-refractivity contribution in [3.05, 3.63) is 76.2 Å².